The van der Waals surface area contributed by atoms with Gasteiger partial charge in [-0.15, -0.1) is 0 Å². The van der Waals surface area contributed by atoms with Crippen LogP contribution in [0.4, 0.5) is 10.2 Å². The van der Waals surface area contributed by atoms with Crippen molar-refractivity contribution in [3.63, 3.8) is 0 Å². The minimum absolute atomic E-state index is 0.258. The van der Waals surface area contributed by atoms with Gasteiger partial charge in [-0.25, -0.2) is 9.37 Å². The fourth-order valence-corrected chi connectivity index (χ4v) is 3.33. The van der Waals surface area contributed by atoms with Gasteiger partial charge in [0.2, 0.25) is 0 Å². The first-order valence-electron chi connectivity index (χ1n) is 7.74. The van der Waals surface area contributed by atoms with Crippen molar-refractivity contribution in [1.82, 2.24) is 9.55 Å². The van der Waals surface area contributed by atoms with Gasteiger partial charge in [0.05, 0.1) is 0 Å². The first kappa shape index (κ1) is 14.1. The van der Waals surface area contributed by atoms with E-state index in [1.54, 1.807) is 6.07 Å². The Morgan fingerprint density at radius 2 is 2.05 bits per heavy atom. The van der Waals surface area contributed by atoms with Crippen LogP contribution in [-0.2, 0) is 6.54 Å². The van der Waals surface area contributed by atoms with Crippen LogP contribution < -0.4 is 5.73 Å². The molecule has 1 heterocycles. The Labute approximate surface area is 125 Å². The molecule has 1 fully saturated rings. The maximum Gasteiger partial charge on any atom is 0.132 e. The number of anilines is 1. The van der Waals surface area contributed by atoms with Crippen molar-refractivity contribution in [2.24, 2.45) is 0 Å². The summed E-state index contributed by atoms with van der Waals surface area (Å²) >= 11 is 0. The average Bonchev–Trinajstić information content (AvgIpc) is 3.09. The van der Waals surface area contributed by atoms with Gasteiger partial charge in [-0.05, 0) is 38.8 Å². The van der Waals surface area contributed by atoms with E-state index in [9.17, 15) is 4.39 Å². The Morgan fingerprint density at radius 3 is 2.71 bits per heavy atom. The van der Waals surface area contributed by atoms with E-state index in [1.807, 2.05) is 17.6 Å². The van der Waals surface area contributed by atoms with Crippen molar-refractivity contribution < 1.29 is 4.39 Å². The third-order valence-corrected chi connectivity index (χ3v) is 4.45. The number of nitrogens with zero attached hydrogens (tertiary/aromatic N) is 2. The summed E-state index contributed by atoms with van der Waals surface area (Å²) in [4.78, 5) is 4.73. The van der Waals surface area contributed by atoms with Crippen LogP contribution in [0.2, 0.25) is 0 Å². The van der Waals surface area contributed by atoms with Gasteiger partial charge in [-0.2, -0.15) is 0 Å². The van der Waals surface area contributed by atoms with Crippen LogP contribution in [0.1, 0.15) is 49.9 Å². The maximum absolute atomic E-state index is 14.2. The van der Waals surface area contributed by atoms with Gasteiger partial charge in [-0.1, -0.05) is 24.5 Å². The molecule has 3 nitrogen and oxygen atoms in total. The maximum atomic E-state index is 14.2. The molecule has 1 aromatic heterocycles. The van der Waals surface area contributed by atoms with E-state index in [2.05, 4.69) is 6.92 Å². The summed E-state index contributed by atoms with van der Waals surface area (Å²) in [6.45, 7) is 4.79. The molecule has 0 aliphatic heterocycles. The Bertz CT molecular complexity index is 654. The molecular formula is C17H22FN3. The highest BCUT2D eigenvalue weighted by Crippen LogP contribution is 2.38. The summed E-state index contributed by atoms with van der Waals surface area (Å²) in [5.74, 6) is 1.83. The number of aryl methyl sites for hydroxylation is 1. The lowest BCUT2D eigenvalue weighted by Crippen LogP contribution is -2.08. The molecule has 4 heteroatoms. The fourth-order valence-electron chi connectivity index (χ4n) is 3.33. The highest BCUT2D eigenvalue weighted by atomic mass is 19.1. The van der Waals surface area contributed by atoms with Crippen LogP contribution in [-0.4, -0.2) is 9.55 Å². The van der Waals surface area contributed by atoms with Gasteiger partial charge in [0.15, 0.2) is 0 Å². The zero-order valence-corrected chi connectivity index (χ0v) is 12.7. The number of nitrogens with two attached hydrogens (primary N) is 1. The van der Waals surface area contributed by atoms with Crippen LogP contribution in [0, 0.1) is 12.7 Å². The molecule has 0 saturated heterocycles. The predicted molar refractivity (Wildman–Crippen MR) is 83.7 cm³/mol. The molecule has 0 atom stereocenters. The summed E-state index contributed by atoms with van der Waals surface area (Å²) in [6.07, 6.45) is 4.81. The van der Waals surface area contributed by atoms with Gasteiger partial charge < -0.3 is 10.3 Å². The summed E-state index contributed by atoms with van der Waals surface area (Å²) in [5.41, 5.74) is 8.39. The lowest BCUT2D eigenvalue weighted by molar-refractivity contribution is 0.604. The Kier molecular flexibility index (Phi) is 3.70. The molecule has 2 aromatic rings. The normalized spacial score (nSPS) is 15.8. The molecular weight excluding hydrogens is 265 g/mol. The second-order valence-corrected chi connectivity index (χ2v) is 5.91. The summed E-state index contributed by atoms with van der Waals surface area (Å²) in [6, 6.07) is 5.08. The first-order chi connectivity index (χ1) is 10.1. The lowest BCUT2D eigenvalue weighted by Gasteiger charge is -2.11. The lowest BCUT2D eigenvalue weighted by atomic mass is 10.1. The standard InChI is InChI=1S/C17H22FN3/c1-3-21-16(19)15(13-10-11(2)8-9-14(13)18)20-17(21)12-6-4-5-7-12/h8-10,12H,3-7,19H2,1-2H3. The second kappa shape index (κ2) is 5.51. The number of hydrogen-bond donors (Lipinski definition) is 1. The number of imidazole rings is 1. The van der Waals surface area contributed by atoms with Crippen molar-refractivity contribution >= 4 is 5.82 Å². The van der Waals surface area contributed by atoms with Crippen molar-refractivity contribution in [3.05, 3.63) is 35.4 Å². The molecule has 1 saturated carbocycles. The quantitative estimate of drug-likeness (QED) is 0.916. The minimum atomic E-state index is -0.258. The number of nitrogen functional groups attached to an aromatic ring is 1. The zero-order valence-electron chi connectivity index (χ0n) is 12.7. The summed E-state index contributed by atoms with van der Waals surface area (Å²) < 4.78 is 16.2. The third kappa shape index (κ3) is 2.43. The molecule has 0 bridgehead atoms. The highest BCUT2D eigenvalue weighted by Gasteiger charge is 2.26. The van der Waals surface area contributed by atoms with Crippen molar-refractivity contribution in [2.45, 2.75) is 52.0 Å². The van der Waals surface area contributed by atoms with E-state index < -0.39 is 0 Å². The number of rotatable bonds is 3. The fraction of sp³-hybridized carbons (Fsp3) is 0.471. The van der Waals surface area contributed by atoms with Crippen molar-refractivity contribution in [2.75, 3.05) is 5.73 Å². The smallest absolute Gasteiger partial charge is 0.132 e. The average molecular weight is 287 g/mol. The van der Waals surface area contributed by atoms with Crippen molar-refractivity contribution in [3.8, 4) is 11.3 Å². The molecule has 0 spiro atoms. The van der Waals surface area contributed by atoms with Crippen LogP contribution in [0.25, 0.3) is 11.3 Å². The molecule has 1 aromatic carbocycles. The number of halogens is 1. The highest BCUT2D eigenvalue weighted by molar-refractivity contribution is 5.72. The van der Waals surface area contributed by atoms with Gasteiger partial charge in [0.25, 0.3) is 0 Å². The van der Waals surface area contributed by atoms with Gasteiger partial charge >= 0.3 is 0 Å². The molecule has 1 aliphatic carbocycles. The zero-order chi connectivity index (χ0) is 15.0. The summed E-state index contributed by atoms with van der Waals surface area (Å²) in [7, 11) is 0. The molecule has 0 radical (unpaired) electrons. The Hall–Kier alpha value is -1.84. The molecule has 2 N–H and O–H groups in total. The van der Waals surface area contributed by atoms with E-state index in [4.69, 9.17) is 10.7 Å². The third-order valence-electron chi connectivity index (χ3n) is 4.45. The number of hydrogen-bond acceptors (Lipinski definition) is 2. The minimum Gasteiger partial charge on any atom is -0.383 e. The van der Waals surface area contributed by atoms with E-state index >= 15 is 0 Å². The summed E-state index contributed by atoms with van der Waals surface area (Å²) in [5, 5.41) is 0. The second-order valence-electron chi connectivity index (χ2n) is 5.91. The molecule has 3 rings (SSSR count). The van der Waals surface area contributed by atoms with Gasteiger partial charge in [-0.3, -0.25) is 0 Å². The van der Waals surface area contributed by atoms with Gasteiger partial charge in [0.1, 0.15) is 23.2 Å². The van der Waals surface area contributed by atoms with Gasteiger partial charge in [0, 0.05) is 18.0 Å². The van der Waals surface area contributed by atoms with Crippen LogP contribution in [0.15, 0.2) is 18.2 Å². The molecule has 0 unspecified atom stereocenters. The van der Waals surface area contributed by atoms with E-state index in [0.717, 1.165) is 30.8 Å². The Balaban J connectivity index is 2.12. The monoisotopic (exact) mass is 287 g/mol. The van der Waals surface area contributed by atoms with E-state index in [1.165, 1.54) is 18.9 Å². The topological polar surface area (TPSA) is 43.8 Å². The molecule has 112 valence electrons. The number of benzene rings is 1. The van der Waals surface area contributed by atoms with E-state index in [-0.39, 0.29) is 5.82 Å². The van der Waals surface area contributed by atoms with Crippen LogP contribution >= 0.6 is 0 Å². The molecule has 0 amide bonds. The van der Waals surface area contributed by atoms with Crippen LogP contribution in [0.5, 0.6) is 0 Å². The molecule has 21 heavy (non-hydrogen) atoms. The number of aromatic nitrogens is 2. The first-order valence-corrected chi connectivity index (χ1v) is 7.74. The molecule has 1 aliphatic rings. The SMILES string of the molecule is CCn1c(C2CCCC2)nc(-c2cc(C)ccc2F)c1N. The largest absolute Gasteiger partial charge is 0.383 e. The predicted octanol–water partition coefficient (Wildman–Crippen LogP) is 4.26. The Morgan fingerprint density at radius 1 is 1.33 bits per heavy atom. The van der Waals surface area contributed by atoms with Crippen molar-refractivity contribution in [1.29, 1.82) is 0 Å². The van der Waals surface area contributed by atoms with Crippen LogP contribution in [0.3, 0.4) is 0 Å². The van der Waals surface area contributed by atoms with E-state index in [0.29, 0.717) is 23.0 Å².